The minimum Gasteiger partial charge on any atom is -0.395 e. The summed E-state index contributed by atoms with van der Waals surface area (Å²) in [7, 11) is 8.32. The zero-order valence-corrected chi connectivity index (χ0v) is 20.0. The molecule has 0 saturated heterocycles. The van der Waals surface area contributed by atoms with Gasteiger partial charge in [0, 0.05) is 19.6 Å². The summed E-state index contributed by atoms with van der Waals surface area (Å²) in [6.45, 7) is 0.515. The summed E-state index contributed by atoms with van der Waals surface area (Å²) in [5.41, 5.74) is 2.25. The Morgan fingerprint density at radius 1 is 0.750 bits per heavy atom. The van der Waals surface area contributed by atoms with Gasteiger partial charge in [0.2, 0.25) is 10.0 Å². The van der Waals surface area contributed by atoms with Gasteiger partial charge in [0.25, 0.3) is 11.8 Å². The summed E-state index contributed by atoms with van der Waals surface area (Å²) >= 11 is 0. The van der Waals surface area contributed by atoms with E-state index in [1.807, 2.05) is 12.1 Å². The molecule has 36 heavy (non-hydrogen) atoms. The average Bonchev–Trinajstić information content (AvgIpc) is 3.28. The van der Waals surface area contributed by atoms with Gasteiger partial charge in [-0.2, -0.15) is 0 Å². The molecule has 0 atom stereocenters. The van der Waals surface area contributed by atoms with Gasteiger partial charge in [-0.05, 0) is 28.8 Å². The number of aliphatic hydroxyl groups is 2. The van der Waals surface area contributed by atoms with Crippen LogP contribution in [0.25, 0.3) is 11.4 Å². The predicted molar refractivity (Wildman–Crippen MR) is 130 cm³/mol. The Bertz CT molecular complexity index is 1350. The number of rotatable bonds is 10. The fourth-order valence-electron chi connectivity index (χ4n) is 4.05. The fourth-order valence-corrected chi connectivity index (χ4v) is 5.07. The Morgan fingerprint density at radius 2 is 1.22 bits per heavy atom. The summed E-state index contributed by atoms with van der Waals surface area (Å²) in [5.74, 6) is -1.24. The Morgan fingerprint density at radius 3 is 1.69 bits per heavy atom. The van der Waals surface area contributed by atoms with Crippen LogP contribution in [0.2, 0.25) is 0 Å². The van der Waals surface area contributed by atoms with Gasteiger partial charge in [-0.1, -0.05) is 36.4 Å². The van der Waals surface area contributed by atoms with E-state index in [9.17, 15) is 18.0 Å². The Kier molecular flexibility index (Phi) is 7.38. The fraction of sp³-hybridized carbons (Fsp3) is 0.200. The van der Waals surface area contributed by atoms with Crippen LogP contribution in [-0.4, -0.2) is 66.5 Å². The van der Waals surface area contributed by atoms with Crippen molar-refractivity contribution in [3.63, 3.8) is 0 Å². The van der Waals surface area contributed by atoms with Gasteiger partial charge >= 0.3 is 0 Å². The van der Waals surface area contributed by atoms with Crippen molar-refractivity contribution in [2.45, 2.75) is 11.4 Å². The molecule has 0 aliphatic carbocycles. The molecule has 2 heterocycles. The number of hydrogen-bond donors (Lipinski definition) is 4. The largest absolute Gasteiger partial charge is 0.395 e. The second-order valence-electron chi connectivity index (χ2n) is 8.04. The van der Waals surface area contributed by atoms with Crippen LogP contribution in [-0.2, 0) is 26.2 Å². The second kappa shape index (κ2) is 10.3. The van der Waals surface area contributed by atoms with Crippen molar-refractivity contribution < 1.29 is 28.2 Å². The summed E-state index contributed by atoms with van der Waals surface area (Å²) in [5, 5.41) is 20.8. The zero-order chi connectivity index (χ0) is 26.0. The van der Waals surface area contributed by atoms with E-state index in [1.54, 1.807) is 12.1 Å². The van der Waals surface area contributed by atoms with Gasteiger partial charge in [-0.15, -0.1) is 0 Å². The SMILES string of the molecule is [CH]N1C(=O)C2=C(c3ccc(S(=O)(=O)NCCO)cc3)N([CH])C(=O)C2=C1c1ccc(CNCCO)cc1. The summed E-state index contributed by atoms with van der Waals surface area (Å²) in [4.78, 5) is 28.0. The molecular weight excluding hydrogens is 484 g/mol. The van der Waals surface area contributed by atoms with E-state index >= 15 is 0 Å². The van der Waals surface area contributed by atoms with Gasteiger partial charge in [-0.3, -0.25) is 19.4 Å². The highest BCUT2D eigenvalue weighted by Crippen LogP contribution is 2.45. The third kappa shape index (κ3) is 4.59. The molecule has 4 N–H and O–H groups in total. The van der Waals surface area contributed by atoms with E-state index in [1.165, 1.54) is 24.3 Å². The van der Waals surface area contributed by atoms with Crippen molar-refractivity contribution in [3.8, 4) is 0 Å². The van der Waals surface area contributed by atoms with Gasteiger partial charge in [0.15, 0.2) is 0 Å². The topological polar surface area (TPSA) is 139 Å². The third-order valence-electron chi connectivity index (χ3n) is 5.76. The molecular formula is C25H24N4O6S. The molecule has 186 valence electrons. The van der Waals surface area contributed by atoms with Crippen molar-refractivity contribution in [3.05, 3.63) is 90.5 Å². The lowest BCUT2D eigenvalue weighted by molar-refractivity contribution is -0.122. The molecule has 0 unspecified atom stereocenters. The number of amides is 2. The predicted octanol–water partition coefficient (Wildman–Crippen LogP) is 0.183. The minimum absolute atomic E-state index is 0.0207. The lowest BCUT2D eigenvalue weighted by Crippen LogP contribution is -2.26. The number of carbonyl (C=O) groups excluding carboxylic acids is 2. The van der Waals surface area contributed by atoms with E-state index in [-0.39, 0.29) is 47.2 Å². The first-order valence-corrected chi connectivity index (χ1v) is 12.5. The molecule has 2 amide bonds. The minimum atomic E-state index is -3.84. The molecule has 0 bridgehead atoms. The van der Waals surface area contributed by atoms with Crippen LogP contribution in [0.15, 0.2) is 64.6 Å². The van der Waals surface area contributed by atoms with Gasteiger partial charge in [0.1, 0.15) is 0 Å². The number of benzene rings is 2. The van der Waals surface area contributed by atoms with Crippen LogP contribution in [0, 0.1) is 14.1 Å². The standard InChI is InChI=1S/C25H24N4O6S/c1-28-22(17-5-3-16(4-6-17)15-26-11-13-30)20-21(25(28)33)23(29(2)24(20)32)18-7-9-19(10-8-18)36(34,35)27-12-14-31/h1-10,26-27,30-31H,11-15H2. The molecule has 2 aromatic carbocycles. The quantitative estimate of drug-likeness (QED) is 0.336. The first-order chi connectivity index (χ1) is 17.2. The molecule has 0 saturated carbocycles. The molecule has 0 fully saturated rings. The number of sulfonamides is 1. The number of aliphatic hydroxyl groups excluding tert-OH is 2. The van der Waals surface area contributed by atoms with Crippen LogP contribution >= 0.6 is 0 Å². The molecule has 4 rings (SSSR count). The van der Waals surface area contributed by atoms with Gasteiger partial charge in [0.05, 0.1) is 54.7 Å². The maximum Gasteiger partial charge on any atom is 0.261 e. The van der Waals surface area contributed by atoms with Gasteiger partial charge in [-0.25, -0.2) is 13.1 Å². The molecule has 2 aliphatic rings. The van der Waals surface area contributed by atoms with Crippen LogP contribution < -0.4 is 10.0 Å². The highest BCUT2D eigenvalue weighted by atomic mass is 32.2. The molecule has 0 aromatic heterocycles. The number of hydrogen-bond acceptors (Lipinski definition) is 7. The molecule has 4 radical (unpaired) electrons. The Hall–Kier alpha value is -3.35. The van der Waals surface area contributed by atoms with Crippen molar-refractivity contribution in [2.75, 3.05) is 26.3 Å². The number of fused-ring (bicyclic) bond motifs is 1. The maximum atomic E-state index is 13.1. The first kappa shape index (κ1) is 25.7. The monoisotopic (exact) mass is 508 g/mol. The zero-order valence-electron chi connectivity index (χ0n) is 19.1. The van der Waals surface area contributed by atoms with E-state index in [0.29, 0.717) is 24.2 Å². The number of nitrogens with one attached hydrogen (secondary N) is 2. The van der Waals surface area contributed by atoms with E-state index in [2.05, 4.69) is 10.0 Å². The normalized spacial score (nSPS) is 16.0. The van der Waals surface area contributed by atoms with E-state index < -0.39 is 21.8 Å². The maximum absolute atomic E-state index is 13.1. The van der Waals surface area contributed by atoms with Crippen molar-refractivity contribution in [1.82, 2.24) is 19.8 Å². The number of nitrogens with zero attached hydrogens (tertiary/aromatic N) is 2. The average molecular weight is 509 g/mol. The van der Waals surface area contributed by atoms with Crippen LogP contribution in [0.4, 0.5) is 0 Å². The molecule has 0 spiro atoms. The van der Waals surface area contributed by atoms with Crippen molar-refractivity contribution in [2.24, 2.45) is 0 Å². The highest BCUT2D eigenvalue weighted by molar-refractivity contribution is 7.89. The number of carbonyl (C=O) groups is 2. The van der Waals surface area contributed by atoms with Crippen LogP contribution in [0.3, 0.4) is 0 Å². The molecule has 11 heteroatoms. The molecule has 10 nitrogen and oxygen atoms in total. The molecule has 2 aromatic rings. The first-order valence-electron chi connectivity index (χ1n) is 11.0. The third-order valence-corrected chi connectivity index (χ3v) is 7.23. The van der Waals surface area contributed by atoms with E-state index in [0.717, 1.165) is 15.4 Å². The summed E-state index contributed by atoms with van der Waals surface area (Å²) in [6.07, 6.45) is 0. The van der Waals surface area contributed by atoms with Gasteiger partial charge < -0.3 is 15.5 Å². The summed E-state index contributed by atoms with van der Waals surface area (Å²) < 4.78 is 26.8. The van der Waals surface area contributed by atoms with Crippen LogP contribution in [0.1, 0.15) is 16.7 Å². The summed E-state index contributed by atoms with van der Waals surface area (Å²) in [6, 6.07) is 12.6. The second-order valence-corrected chi connectivity index (χ2v) is 9.81. The Balaban J connectivity index is 1.72. The van der Waals surface area contributed by atoms with Crippen molar-refractivity contribution in [1.29, 1.82) is 0 Å². The smallest absolute Gasteiger partial charge is 0.261 e. The van der Waals surface area contributed by atoms with Crippen LogP contribution in [0.5, 0.6) is 0 Å². The highest BCUT2D eigenvalue weighted by Gasteiger charge is 2.46. The molecule has 2 aliphatic heterocycles. The lowest BCUT2D eigenvalue weighted by Gasteiger charge is -2.19. The Labute approximate surface area is 209 Å². The van der Waals surface area contributed by atoms with E-state index in [4.69, 9.17) is 24.3 Å². The lowest BCUT2D eigenvalue weighted by atomic mass is 10.0. The van der Waals surface area contributed by atoms with Crippen molar-refractivity contribution >= 4 is 33.2 Å².